The third-order valence-corrected chi connectivity index (χ3v) is 5.11. The van der Waals surface area contributed by atoms with Crippen molar-refractivity contribution in [3.05, 3.63) is 39.3 Å². The van der Waals surface area contributed by atoms with E-state index >= 15 is 0 Å². The minimum absolute atomic E-state index is 0.454. The normalized spacial score (nSPS) is 17.6. The molecule has 20 heavy (non-hydrogen) atoms. The van der Waals surface area contributed by atoms with Crippen LogP contribution in [-0.4, -0.2) is 16.1 Å². The summed E-state index contributed by atoms with van der Waals surface area (Å²) in [5, 5.41) is 13.3. The molecule has 2 N–H and O–H groups in total. The van der Waals surface area contributed by atoms with Crippen LogP contribution >= 0.6 is 27.3 Å². The summed E-state index contributed by atoms with van der Waals surface area (Å²) >= 11 is 5.03. The molecule has 0 radical (unpaired) electrons. The number of carbonyl (C=O) groups is 1. The van der Waals surface area contributed by atoms with Crippen molar-refractivity contribution in [1.29, 1.82) is 0 Å². The maximum Gasteiger partial charge on any atom is 0.312 e. The molecule has 6 heteroatoms. The van der Waals surface area contributed by atoms with Crippen LogP contribution in [0.1, 0.15) is 29.3 Å². The highest BCUT2D eigenvalue weighted by molar-refractivity contribution is 9.10. The van der Waals surface area contributed by atoms with Gasteiger partial charge in [0.05, 0.1) is 11.4 Å². The molecule has 3 rings (SSSR count). The van der Waals surface area contributed by atoms with E-state index in [1.807, 2.05) is 24.3 Å². The Morgan fingerprint density at radius 1 is 1.45 bits per heavy atom. The van der Waals surface area contributed by atoms with E-state index in [0.29, 0.717) is 6.42 Å². The number of carboxylic acids is 1. The summed E-state index contributed by atoms with van der Waals surface area (Å²) in [6.07, 6.45) is 2.52. The van der Waals surface area contributed by atoms with Gasteiger partial charge < -0.3 is 10.4 Å². The van der Waals surface area contributed by atoms with Crippen LogP contribution in [0.3, 0.4) is 0 Å². The van der Waals surface area contributed by atoms with E-state index in [1.54, 1.807) is 11.3 Å². The van der Waals surface area contributed by atoms with E-state index in [9.17, 15) is 9.90 Å². The average molecular weight is 353 g/mol. The third-order valence-electron chi connectivity index (χ3n) is 3.37. The molecule has 1 atom stereocenters. The Morgan fingerprint density at radius 2 is 2.25 bits per heavy atom. The molecule has 0 aliphatic heterocycles. The predicted molar refractivity (Wildman–Crippen MR) is 82.9 cm³/mol. The number of carboxylic acid groups (broad SMARTS) is 1. The fourth-order valence-electron chi connectivity index (χ4n) is 2.39. The molecule has 0 saturated heterocycles. The van der Waals surface area contributed by atoms with Crippen LogP contribution in [-0.2, 0) is 11.2 Å². The number of aromatic nitrogens is 1. The molecule has 104 valence electrons. The quantitative estimate of drug-likeness (QED) is 0.870. The van der Waals surface area contributed by atoms with Gasteiger partial charge in [-0.15, -0.1) is 11.3 Å². The fourth-order valence-corrected chi connectivity index (χ4v) is 3.85. The van der Waals surface area contributed by atoms with E-state index in [2.05, 4.69) is 26.2 Å². The first-order chi connectivity index (χ1) is 9.65. The zero-order chi connectivity index (χ0) is 14.1. The molecule has 2 aromatic rings. The highest BCUT2D eigenvalue weighted by Gasteiger charge is 2.30. The molecule has 1 unspecified atom stereocenters. The number of halogens is 1. The lowest BCUT2D eigenvalue weighted by molar-refractivity contribution is -0.139. The number of benzene rings is 1. The molecule has 0 bridgehead atoms. The number of anilines is 2. The van der Waals surface area contributed by atoms with E-state index in [4.69, 9.17) is 0 Å². The molecule has 0 fully saturated rings. The Balaban J connectivity index is 1.90. The SMILES string of the molecule is O=C(O)C1CCCc2sc(Nc3ccccc3Br)nc21. The van der Waals surface area contributed by atoms with Gasteiger partial charge in [-0.25, -0.2) is 4.98 Å². The van der Waals surface area contributed by atoms with Crippen LogP contribution in [0.2, 0.25) is 0 Å². The topological polar surface area (TPSA) is 62.2 Å². The lowest BCUT2D eigenvalue weighted by Gasteiger charge is -2.16. The summed E-state index contributed by atoms with van der Waals surface area (Å²) in [5.41, 5.74) is 1.67. The maximum atomic E-state index is 11.3. The minimum Gasteiger partial charge on any atom is -0.481 e. The van der Waals surface area contributed by atoms with Crippen LogP contribution in [0.4, 0.5) is 10.8 Å². The highest BCUT2D eigenvalue weighted by atomic mass is 79.9. The van der Waals surface area contributed by atoms with Crippen LogP contribution in [0.5, 0.6) is 0 Å². The van der Waals surface area contributed by atoms with Crippen molar-refractivity contribution in [3.63, 3.8) is 0 Å². The summed E-state index contributed by atoms with van der Waals surface area (Å²) in [6, 6.07) is 7.80. The highest BCUT2D eigenvalue weighted by Crippen LogP contribution is 2.38. The molecule has 1 aliphatic carbocycles. The van der Waals surface area contributed by atoms with Crippen molar-refractivity contribution >= 4 is 44.1 Å². The standard InChI is InChI=1S/C14H13BrN2O2S/c15-9-5-1-2-6-10(9)16-14-17-12-8(13(18)19)4-3-7-11(12)20-14/h1-2,5-6,8H,3-4,7H2,(H,16,17)(H,18,19). The number of nitrogens with zero attached hydrogens (tertiary/aromatic N) is 1. The van der Waals surface area contributed by atoms with Gasteiger partial charge in [-0.1, -0.05) is 12.1 Å². The number of para-hydroxylation sites is 1. The van der Waals surface area contributed by atoms with Gasteiger partial charge in [-0.05, 0) is 47.3 Å². The number of aliphatic carboxylic acids is 1. The first kappa shape index (κ1) is 13.6. The number of rotatable bonds is 3. The van der Waals surface area contributed by atoms with Crippen LogP contribution < -0.4 is 5.32 Å². The summed E-state index contributed by atoms with van der Waals surface area (Å²) in [5.74, 6) is -1.23. The summed E-state index contributed by atoms with van der Waals surface area (Å²) in [4.78, 5) is 16.9. The predicted octanol–water partition coefficient (Wildman–Crippen LogP) is 4.15. The van der Waals surface area contributed by atoms with Gasteiger partial charge in [0.15, 0.2) is 5.13 Å². The van der Waals surface area contributed by atoms with Gasteiger partial charge in [-0.2, -0.15) is 0 Å². The molecule has 0 amide bonds. The molecule has 1 aliphatic rings. The van der Waals surface area contributed by atoms with Crippen molar-refractivity contribution in [2.45, 2.75) is 25.2 Å². The molecule has 1 aromatic carbocycles. The Morgan fingerprint density at radius 3 is 3.00 bits per heavy atom. The number of thiazole rings is 1. The number of fused-ring (bicyclic) bond motifs is 1. The number of aryl methyl sites for hydroxylation is 1. The van der Waals surface area contributed by atoms with Crippen molar-refractivity contribution in [1.82, 2.24) is 4.98 Å². The lowest BCUT2D eigenvalue weighted by atomic mass is 9.91. The van der Waals surface area contributed by atoms with E-state index in [1.165, 1.54) is 0 Å². The van der Waals surface area contributed by atoms with Gasteiger partial charge in [0, 0.05) is 9.35 Å². The molecule has 1 heterocycles. The number of hydrogen-bond donors (Lipinski definition) is 2. The first-order valence-electron chi connectivity index (χ1n) is 6.39. The molecular weight excluding hydrogens is 340 g/mol. The van der Waals surface area contributed by atoms with Crippen LogP contribution in [0, 0.1) is 0 Å². The summed E-state index contributed by atoms with van der Waals surface area (Å²) < 4.78 is 0.961. The molecule has 0 spiro atoms. The Kier molecular flexibility index (Phi) is 3.76. The second kappa shape index (κ2) is 5.54. The third kappa shape index (κ3) is 2.58. The van der Waals surface area contributed by atoms with Gasteiger partial charge >= 0.3 is 5.97 Å². The van der Waals surface area contributed by atoms with E-state index in [-0.39, 0.29) is 0 Å². The smallest absolute Gasteiger partial charge is 0.312 e. The van der Waals surface area contributed by atoms with Gasteiger partial charge in [0.25, 0.3) is 0 Å². The number of nitrogens with one attached hydrogen (secondary N) is 1. The maximum absolute atomic E-state index is 11.3. The van der Waals surface area contributed by atoms with E-state index in [0.717, 1.165) is 38.7 Å². The van der Waals surface area contributed by atoms with Crippen molar-refractivity contribution in [2.75, 3.05) is 5.32 Å². The lowest BCUT2D eigenvalue weighted by Crippen LogP contribution is -2.17. The summed E-state index contributed by atoms with van der Waals surface area (Å²) in [7, 11) is 0. The first-order valence-corrected chi connectivity index (χ1v) is 8.00. The van der Waals surface area contributed by atoms with E-state index < -0.39 is 11.9 Å². The monoisotopic (exact) mass is 352 g/mol. The Hall–Kier alpha value is -1.40. The second-order valence-electron chi connectivity index (χ2n) is 4.72. The zero-order valence-electron chi connectivity index (χ0n) is 10.6. The summed E-state index contributed by atoms with van der Waals surface area (Å²) in [6.45, 7) is 0. The molecular formula is C14H13BrN2O2S. The average Bonchev–Trinajstić information content (AvgIpc) is 2.83. The van der Waals surface area contributed by atoms with Crippen molar-refractivity contribution in [3.8, 4) is 0 Å². The molecule has 1 aromatic heterocycles. The van der Waals surface area contributed by atoms with Gasteiger partial charge in [0.1, 0.15) is 5.92 Å². The van der Waals surface area contributed by atoms with Crippen molar-refractivity contribution in [2.24, 2.45) is 0 Å². The molecule has 0 saturated carbocycles. The van der Waals surface area contributed by atoms with Crippen LogP contribution in [0.15, 0.2) is 28.7 Å². The minimum atomic E-state index is -0.774. The Labute approximate surface area is 129 Å². The largest absolute Gasteiger partial charge is 0.481 e. The number of hydrogen-bond acceptors (Lipinski definition) is 4. The fraction of sp³-hybridized carbons (Fsp3) is 0.286. The Bertz CT molecular complexity index is 656. The molecule has 4 nitrogen and oxygen atoms in total. The van der Waals surface area contributed by atoms with Gasteiger partial charge in [-0.3, -0.25) is 4.79 Å². The van der Waals surface area contributed by atoms with Crippen LogP contribution in [0.25, 0.3) is 0 Å². The zero-order valence-corrected chi connectivity index (χ0v) is 13.0. The second-order valence-corrected chi connectivity index (χ2v) is 6.65. The van der Waals surface area contributed by atoms with Gasteiger partial charge in [0.2, 0.25) is 0 Å². The van der Waals surface area contributed by atoms with Crippen molar-refractivity contribution < 1.29 is 9.90 Å².